The van der Waals surface area contributed by atoms with Crippen molar-refractivity contribution in [1.82, 2.24) is 14.9 Å². The van der Waals surface area contributed by atoms with Gasteiger partial charge in [0.25, 0.3) is 0 Å². The molecule has 2 heterocycles. The zero-order chi connectivity index (χ0) is 25.5. The van der Waals surface area contributed by atoms with Gasteiger partial charge in [-0.1, -0.05) is 12.1 Å². The van der Waals surface area contributed by atoms with E-state index < -0.39 is 0 Å². The number of ether oxygens (including phenoxy) is 3. The average Bonchev–Trinajstić information content (AvgIpc) is 3.21. The largest absolute Gasteiger partial charge is 0.493 e. The number of nitriles is 1. The molecule has 2 aromatic carbocycles. The maximum Gasteiger partial charge on any atom is 0.319 e. The molecule has 4 aromatic rings. The highest BCUT2D eigenvalue weighted by Crippen LogP contribution is 2.34. The van der Waals surface area contributed by atoms with E-state index in [1.807, 2.05) is 55.5 Å². The minimum Gasteiger partial charge on any atom is -0.493 e. The number of aromatic nitrogens is 2. The molecule has 0 radical (unpaired) electrons. The number of hydrogen-bond acceptors (Lipinski definition) is 7. The fourth-order valence-electron chi connectivity index (χ4n) is 3.64. The Kier molecular flexibility index (Phi) is 7.53. The van der Waals surface area contributed by atoms with Crippen LogP contribution in [0.3, 0.4) is 0 Å². The Bertz CT molecular complexity index is 1410. The predicted octanol–water partition coefficient (Wildman–Crippen LogP) is 4.83. The normalized spacial score (nSPS) is 10.5. The van der Waals surface area contributed by atoms with Crippen LogP contribution in [0.4, 0.5) is 21.9 Å². The molecule has 4 rings (SSSR count). The number of amides is 2. The van der Waals surface area contributed by atoms with Crippen LogP contribution in [0, 0.1) is 18.3 Å². The van der Waals surface area contributed by atoms with Gasteiger partial charge in [0, 0.05) is 24.9 Å². The molecule has 10 heteroatoms. The molecule has 3 N–H and O–H groups in total. The van der Waals surface area contributed by atoms with Crippen LogP contribution in [0.2, 0.25) is 0 Å². The first-order valence-electron chi connectivity index (χ1n) is 11.2. The zero-order valence-corrected chi connectivity index (χ0v) is 20.2. The summed E-state index contributed by atoms with van der Waals surface area (Å²) < 4.78 is 17.9. The Balaban J connectivity index is 1.58. The van der Waals surface area contributed by atoms with Crippen molar-refractivity contribution in [2.45, 2.75) is 6.92 Å². The molecule has 0 spiro atoms. The van der Waals surface area contributed by atoms with E-state index in [2.05, 4.69) is 27.1 Å². The Morgan fingerprint density at radius 3 is 2.56 bits per heavy atom. The van der Waals surface area contributed by atoms with E-state index >= 15 is 0 Å². The molecule has 0 bridgehead atoms. The standard InChI is InChI=1S/C26H26N6O4/c1-17-21(31-26(33)28-12-13-34-2)16-32-25(17)24(18(14-27)15-29-32)30-19-8-10-20(11-9-19)36-23-7-5-4-6-22(23)35-3/h4-11,15-16,30H,12-13H2,1-3H3,(H2,28,31,33). The van der Waals surface area contributed by atoms with Gasteiger partial charge in [0.05, 0.1) is 48.6 Å². The fourth-order valence-corrected chi connectivity index (χ4v) is 3.64. The summed E-state index contributed by atoms with van der Waals surface area (Å²) in [6.45, 7) is 2.65. The van der Waals surface area contributed by atoms with Crippen LogP contribution in [-0.2, 0) is 4.74 Å². The van der Waals surface area contributed by atoms with Crippen molar-refractivity contribution in [2.75, 3.05) is 38.0 Å². The lowest BCUT2D eigenvalue weighted by molar-refractivity contribution is 0.198. The molecule has 2 aromatic heterocycles. The Labute approximate surface area is 208 Å². The summed E-state index contributed by atoms with van der Waals surface area (Å²) >= 11 is 0. The average molecular weight is 487 g/mol. The van der Waals surface area contributed by atoms with Gasteiger partial charge in [-0.25, -0.2) is 9.31 Å². The lowest BCUT2D eigenvalue weighted by Crippen LogP contribution is -2.31. The zero-order valence-electron chi connectivity index (χ0n) is 20.2. The summed E-state index contributed by atoms with van der Waals surface area (Å²) in [5.74, 6) is 1.88. The lowest BCUT2D eigenvalue weighted by Gasteiger charge is -2.13. The monoisotopic (exact) mass is 486 g/mol. The molecule has 0 saturated heterocycles. The van der Waals surface area contributed by atoms with Gasteiger partial charge in [-0.3, -0.25) is 0 Å². The van der Waals surface area contributed by atoms with E-state index in [0.29, 0.717) is 52.9 Å². The van der Waals surface area contributed by atoms with Crippen LogP contribution in [-0.4, -0.2) is 43.0 Å². The molecule has 0 aliphatic rings. The SMILES string of the molecule is COCCNC(=O)Nc1cn2ncc(C#N)c(Nc3ccc(Oc4ccccc4OC)cc3)c2c1C. The number of fused-ring (bicyclic) bond motifs is 1. The van der Waals surface area contributed by atoms with Gasteiger partial charge in [-0.15, -0.1) is 0 Å². The van der Waals surface area contributed by atoms with Gasteiger partial charge in [-0.2, -0.15) is 10.4 Å². The minimum atomic E-state index is -0.355. The third-order valence-electron chi connectivity index (χ3n) is 5.44. The summed E-state index contributed by atoms with van der Waals surface area (Å²) in [4.78, 5) is 12.2. The van der Waals surface area contributed by atoms with Gasteiger partial charge in [-0.05, 0) is 43.3 Å². The number of methoxy groups -OCH3 is 2. The summed E-state index contributed by atoms with van der Waals surface area (Å²) in [7, 11) is 3.16. The van der Waals surface area contributed by atoms with Gasteiger partial charge in [0.2, 0.25) is 0 Å². The predicted molar refractivity (Wildman–Crippen MR) is 136 cm³/mol. The van der Waals surface area contributed by atoms with Crippen LogP contribution in [0.1, 0.15) is 11.1 Å². The van der Waals surface area contributed by atoms with Gasteiger partial charge < -0.3 is 30.2 Å². The molecule has 0 fully saturated rings. The van der Waals surface area contributed by atoms with E-state index in [0.717, 1.165) is 11.3 Å². The second-order valence-electron chi connectivity index (χ2n) is 7.78. The minimum absolute atomic E-state index is 0.355. The van der Waals surface area contributed by atoms with E-state index in [9.17, 15) is 10.1 Å². The Morgan fingerprint density at radius 2 is 1.86 bits per heavy atom. The maximum absolute atomic E-state index is 12.2. The highest BCUT2D eigenvalue weighted by atomic mass is 16.5. The van der Waals surface area contributed by atoms with Gasteiger partial charge in [0.1, 0.15) is 11.8 Å². The first-order chi connectivity index (χ1) is 17.5. The first kappa shape index (κ1) is 24.4. The number of nitrogens with one attached hydrogen (secondary N) is 3. The number of benzene rings is 2. The van der Waals surface area contributed by atoms with E-state index in [4.69, 9.17) is 14.2 Å². The van der Waals surface area contributed by atoms with Crippen molar-refractivity contribution in [3.63, 3.8) is 0 Å². The van der Waals surface area contributed by atoms with E-state index in [1.54, 1.807) is 24.9 Å². The Hall–Kier alpha value is -4.75. The quantitative estimate of drug-likeness (QED) is 0.290. The highest BCUT2D eigenvalue weighted by molar-refractivity contribution is 5.94. The van der Waals surface area contributed by atoms with Crippen LogP contribution in [0.5, 0.6) is 17.2 Å². The second-order valence-corrected chi connectivity index (χ2v) is 7.78. The molecular weight excluding hydrogens is 460 g/mol. The lowest BCUT2D eigenvalue weighted by atomic mass is 10.1. The maximum atomic E-state index is 12.2. The summed E-state index contributed by atoms with van der Waals surface area (Å²) in [6.07, 6.45) is 3.19. The van der Waals surface area contributed by atoms with Crippen molar-refractivity contribution < 1.29 is 19.0 Å². The third kappa shape index (κ3) is 5.32. The fraction of sp³-hybridized carbons (Fsp3) is 0.192. The number of hydrogen-bond donors (Lipinski definition) is 3. The number of urea groups is 1. The molecule has 36 heavy (non-hydrogen) atoms. The number of para-hydroxylation sites is 2. The van der Waals surface area contributed by atoms with E-state index in [-0.39, 0.29) is 6.03 Å². The van der Waals surface area contributed by atoms with Crippen LogP contribution < -0.4 is 25.4 Å². The van der Waals surface area contributed by atoms with Crippen LogP contribution in [0.15, 0.2) is 60.9 Å². The van der Waals surface area contributed by atoms with E-state index in [1.165, 1.54) is 6.20 Å². The van der Waals surface area contributed by atoms with Crippen molar-refractivity contribution in [3.8, 4) is 23.3 Å². The number of rotatable bonds is 9. The topological polar surface area (TPSA) is 122 Å². The van der Waals surface area contributed by atoms with Crippen molar-refractivity contribution in [3.05, 3.63) is 72.1 Å². The molecular formula is C26H26N6O4. The number of carbonyl (C=O) groups excluding carboxylic acids is 1. The van der Waals surface area contributed by atoms with Gasteiger partial charge >= 0.3 is 6.03 Å². The summed E-state index contributed by atoms with van der Waals surface area (Å²) in [6, 6.07) is 16.6. The smallest absolute Gasteiger partial charge is 0.319 e. The number of carbonyl (C=O) groups is 1. The number of aryl methyl sites for hydroxylation is 1. The molecule has 0 atom stereocenters. The number of nitrogens with zero attached hydrogens (tertiary/aromatic N) is 3. The molecule has 10 nitrogen and oxygen atoms in total. The van der Waals surface area contributed by atoms with Crippen molar-refractivity contribution in [1.29, 1.82) is 5.26 Å². The van der Waals surface area contributed by atoms with Crippen molar-refractivity contribution >= 4 is 28.6 Å². The molecule has 184 valence electrons. The molecule has 0 saturated carbocycles. The molecule has 0 aliphatic carbocycles. The second kappa shape index (κ2) is 11.1. The summed E-state index contributed by atoms with van der Waals surface area (Å²) in [5.41, 5.74) is 3.72. The Morgan fingerprint density at radius 1 is 1.11 bits per heavy atom. The number of anilines is 3. The van der Waals surface area contributed by atoms with Gasteiger partial charge in [0.15, 0.2) is 11.5 Å². The highest BCUT2D eigenvalue weighted by Gasteiger charge is 2.17. The van der Waals surface area contributed by atoms with Crippen molar-refractivity contribution in [2.24, 2.45) is 0 Å². The summed E-state index contributed by atoms with van der Waals surface area (Å²) in [5, 5.41) is 22.9. The molecule has 0 unspecified atom stereocenters. The molecule has 0 aliphatic heterocycles. The first-order valence-corrected chi connectivity index (χ1v) is 11.2. The third-order valence-corrected chi connectivity index (χ3v) is 5.44. The van der Waals surface area contributed by atoms with Crippen LogP contribution >= 0.6 is 0 Å². The van der Waals surface area contributed by atoms with Crippen LogP contribution in [0.25, 0.3) is 5.52 Å². The molecule has 2 amide bonds.